The van der Waals surface area contributed by atoms with Crippen LogP contribution in [0.4, 0.5) is 16.2 Å². The Labute approximate surface area is 128 Å². The quantitative estimate of drug-likeness (QED) is 0.944. The van der Waals surface area contributed by atoms with E-state index in [1.165, 1.54) is 0 Å². The van der Waals surface area contributed by atoms with Crippen molar-refractivity contribution in [2.45, 2.75) is 12.8 Å². The molecule has 112 valence electrons. The molecule has 0 bridgehead atoms. The Kier molecular flexibility index (Phi) is 4.05. The predicted molar refractivity (Wildman–Crippen MR) is 84.1 cm³/mol. The molecule has 0 atom stereocenters. The van der Waals surface area contributed by atoms with Crippen molar-refractivity contribution in [3.8, 4) is 5.75 Å². The average molecular weight is 296 g/mol. The Morgan fingerprint density at radius 2 is 1.91 bits per heavy atom. The average Bonchev–Trinajstić information content (AvgIpc) is 2.94. The van der Waals surface area contributed by atoms with Crippen molar-refractivity contribution in [1.29, 1.82) is 0 Å². The van der Waals surface area contributed by atoms with E-state index in [9.17, 15) is 9.59 Å². The van der Waals surface area contributed by atoms with Crippen molar-refractivity contribution in [1.82, 2.24) is 0 Å². The molecule has 1 saturated heterocycles. The number of anilines is 2. The fourth-order valence-electron chi connectivity index (χ4n) is 2.41. The number of nitrogens with one attached hydrogen (secondary N) is 1. The van der Waals surface area contributed by atoms with Gasteiger partial charge in [0.2, 0.25) is 5.91 Å². The first kappa shape index (κ1) is 14.1. The lowest BCUT2D eigenvalue weighted by Crippen LogP contribution is -2.24. The molecule has 0 aromatic heterocycles. The Morgan fingerprint density at radius 1 is 1.09 bits per heavy atom. The molecule has 5 nitrogen and oxygen atoms in total. The van der Waals surface area contributed by atoms with Gasteiger partial charge in [0.1, 0.15) is 5.75 Å². The fraction of sp³-hybridized carbons (Fsp3) is 0.176. The zero-order chi connectivity index (χ0) is 15.4. The molecule has 1 fully saturated rings. The highest BCUT2D eigenvalue weighted by atomic mass is 16.6. The minimum Gasteiger partial charge on any atom is -0.410 e. The van der Waals surface area contributed by atoms with Crippen LogP contribution in [-0.2, 0) is 4.79 Å². The van der Waals surface area contributed by atoms with Gasteiger partial charge in [0.25, 0.3) is 0 Å². The maximum Gasteiger partial charge on any atom is 0.417 e. The molecule has 2 amide bonds. The number of hydrogen-bond acceptors (Lipinski definition) is 3. The van der Waals surface area contributed by atoms with Gasteiger partial charge in [0.05, 0.1) is 0 Å². The summed E-state index contributed by atoms with van der Waals surface area (Å²) in [6.45, 7) is 0.719. The Morgan fingerprint density at radius 3 is 2.64 bits per heavy atom. The highest BCUT2D eigenvalue weighted by Crippen LogP contribution is 2.24. The third kappa shape index (κ3) is 3.25. The topological polar surface area (TPSA) is 58.6 Å². The molecule has 0 spiro atoms. The van der Waals surface area contributed by atoms with Crippen molar-refractivity contribution < 1.29 is 14.3 Å². The second kappa shape index (κ2) is 6.30. The molecular weight excluding hydrogens is 280 g/mol. The molecule has 1 aliphatic heterocycles. The van der Waals surface area contributed by atoms with Gasteiger partial charge < -0.3 is 9.64 Å². The summed E-state index contributed by atoms with van der Waals surface area (Å²) in [6.07, 6.45) is 0.886. The van der Waals surface area contributed by atoms with E-state index in [4.69, 9.17) is 4.74 Å². The van der Waals surface area contributed by atoms with Gasteiger partial charge in [0.15, 0.2) is 0 Å². The molecule has 0 radical (unpaired) electrons. The normalized spacial score (nSPS) is 14.0. The second-order valence-electron chi connectivity index (χ2n) is 5.03. The molecule has 1 aliphatic rings. The minimum absolute atomic E-state index is 0.115. The summed E-state index contributed by atoms with van der Waals surface area (Å²) < 4.78 is 5.17. The second-order valence-corrected chi connectivity index (χ2v) is 5.03. The summed E-state index contributed by atoms with van der Waals surface area (Å²) in [7, 11) is 0. The molecule has 1 N–H and O–H groups in total. The van der Waals surface area contributed by atoms with Crippen LogP contribution in [0.3, 0.4) is 0 Å². The van der Waals surface area contributed by atoms with E-state index >= 15 is 0 Å². The lowest BCUT2D eigenvalue weighted by Gasteiger charge is -2.16. The molecule has 1 heterocycles. The number of amides is 2. The molecule has 3 rings (SSSR count). The number of carbonyl (C=O) groups is 2. The fourth-order valence-corrected chi connectivity index (χ4v) is 2.41. The Bertz CT molecular complexity index is 685. The van der Waals surface area contributed by atoms with Crippen LogP contribution in [0.25, 0.3) is 0 Å². The van der Waals surface area contributed by atoms with Crippen LogP contribution in [0, 0.1) is 0 Å². The van der Waals surface area contributed by atoms with Gasteiger partial charge >= 0.3 is 6.09 Å². The summed E-state index contributed by atoms with van der Waals surface area (Å²) in [6, 6.07) is 16.0. The summed E-state index contributed by atoms with van der Waals surface area (Å²) in [4.78, 5) is 25.4. The third-order valence-electron chi connectivity index (χ3n) is 3.43. The predicted octanol–water partition coefficient (Wildman–Crippen LogP) is 3.42. The van der Waals surface area contributed by atoms with E-state index < -0.39 is 6.09 Å². The summed E-state index contributed by atoms with van der Waals surface area (Å²) in [5, 5.41) is 2.67. The maximum atomic E-state index is 11.9. The maximum absolute atomic E-state index is 11.9. The van der Waals surface area contributed by atoms with E-state index in [0.717, 1.165) is 18.7 Å². The van der Waals surface area contributed by atoms with Gasteiger partial charge in [-0.25, -0.2) is 4.79 Å². The zero-order valence-corrected chi connectivity index (χ0v) is 12.0. The van der Waals surface area contributed by atoms with Crippen molar-refractivity contribution in [2.75, 3.05) is 16.8 Å². The van der Waals surface area contributed by atoms with Crippen LogP contribution >= 0.6 is 0 Å². The molecule has 5 heteroatoms. The van der Waals surface area contributed by atoms with Gasteiger partial charge in [-0.2, -0.15) is 0 Å². The van der Waals surface area contributed by atoms with Crippen LogP contribution in [0.5, 0.6) is 5.75 Å². The molecule has 2 aromatic rings. The van der Waals surface area contributed by atoms with Crippen LogP contribution < -0.4 is 15.0 Å². The monoisotopic (exact) mass is 296 g/mol. The highest BCUT2D eigenvalue weighted by Gasteiger charge is 2.21. The van der Waals surface area contributed by atoms with Crippen molar-refractivity contribution in [2.24, 2.45) is 0 Å². The summed E-state index contributed by atoms with van der Waals surface area (Å²) >= 11 is 0. The number of carbonyl (C=O) groups excluding carboxylic acids is 2. The van der Waals surface area contributed by atoms with Gasteiger partial charge in [-0.1, -0.05) is 24.3 Å². The van der Waals surface area contributed by atoms with Crippen molar-refractivity contribution in [3.05, 3.63) is 54.6 Å². The molecule has 0 aliphatic carbocycles. The third-order valence-corrected chi connectivity index (χ3v) is 3.43. The van der Waals surface area contributed by atoms with Crippen LogP contribution in [0.1, 0.15) is 12.8 Å². The SMILES string of the molecule is O=C(Nc1cccc(N2CCCC2=O)c1)Oc1ccccc1. The van der Waals surface area contributed by atoms with Crippen LogP contribution in [0.15, 0.2) is 54.6 Å². The van der Waals surface area contributed by atoms with E-state index in [1.54, 1.807) is 47.4 Å². The van der Waals surface area contributed by atoms with Gasteiger partial charge in [-0.15, -0.1) is 0 Å². The number of benzene rings is 2. The molecule has 0 unspecified atom stereocenters. The number of nitrogens with zero attached hydrogens (tertiary/aromatic N) is 1. The van der Waals surface area contributed by atoms with Crippen LogP contribution in [0.2, 0.25) is 0 Å². The van der Waals surface area contributed by atoms with E-state index in [-0.39, 0.29) is 5.91 Å². The lowest BCUT2D eigenvalue weighted by molar-refractivity contribution is -0.117. The first-order chi connectivity index (χ1) is 10.7. The van der Waals surface area contributed by atoms with Gasteiger partial charge in [-0.05, 0) is 36.8 Å². The highest BCUT2D eigenvalue weighted by molar-refractivity contribution is 5.96. The van der Waals surface area contributed by atoms with Gasteiger partial charge in [-0.3, -0.25) is 10.1 Å². The summed E-state index contributed by atoms with van der Waals surface area (Å²) in [5.74, 6) is 0.592. The summed E-state index contributed by atoms with van der Waals surface area (Å²) in [5.41, 5.74) is 1.39. The zero-order valence-electron chi connectivity index (χ0n) is 12.0. The molecule has 0 saturated carbocycles. The van der Waals surface area contributed by atoms with Crippen molar-refractivity contribution >= 4 is 23.4 Å². The first-order valence-corrected chi connectivity index (χ1v) is 7.17. The van der Waals surface area contributed by atoms with E-state index in [1.807, 2.05) is 12.1 Å². The lowest BCUT2D eigenvalue weighted by atomic mass is 10.2. The first-order valence-electron chi connectivity index (χ1n) is 7.17. The minimum atomic E-state index is -0.559. The van der Waals surface area contributed by atoms with E-state index in [0.29, 0.717) is 17.9 Å². The number of hydrogen-bond donors (Lipinski definition) is 1. The number of para-hydroxylation sites is 1. The molecule has 2 aromatic carbocycles. The molecular formula is C17H16N2O3. The number of rotatable bonds is 3. The van der Waals surface area contributed by atoms with E-state index in [2.05, 4.69) is 5.32 Å². The Hall–Kier alpha value is -2.82. The van der Waals surface area contributed by atoms with Gasteiger partial charge in [0, 0.05) is 24.3 Å². The number of ether oxygens (including phenoxy) is 1. The standard InChI is InChI=1S/C17H16N2O3/c20-16-10-5-11-19(16)14-7-4-6-13(12-14)18-17(21)22-15-8-2-1-3-9-15/h1-4,6-9,12H,5,10-11H2,(H,18,21). The largest absolute Gasteiger partial charge is 0.417 e. The molecule has 22 heavy (non-hydrogen) atoms. The van der Waals surface area contributed by atoms with Crippen molar-refractivity contribution in [3.63, 3.8) is 0 Å². The smallest absolute Gasteiger partial charge is 0.410 e. The van der Waals surface area contributed by atoms with Crippen LogP contribution in [-0.4, -0.2) is 18.5 Å². The Balaban J connectivity index is 1.67.